The zero-order valence-electron chi connectivity index (χ0n) is 12.7. The Kier molecular flexibility index (Phi) is 4.81. The highest BCUT2D eigenvalue weighted by Gasteiger charge is 2.27. The Bertz CT molecular complexity index is 470. The molecule has 1 heterocycles. The van der Waals surface area contributed by atoms with Crippen LogP contribution in [0.4, 0.5) is 0 Å². The van der Waals surface area contributed by atoms with E-state index in [9.17, 15) is 9.90 Å². The summed E-state index contributed by atoms with van der Waals surface area (Å²) in [5.74, 6) is 0.399. The molecule has 0 aromatic carbocycles. The zero-order chi connectivity index (χ0) is 14.7. The molecule has 2 atom stereocenters. The molecule has 0 saturated heterocycles. The van der Waals surface area contributed by atoms with Crippen LogP contribution >= 0.6 is 0 Å². The molecule has 1 aromatic heterocycles. The van der Waals surface area contributed by atoms with Gasteiger partial charge >= 0.3 is 0 Å². The molecule has 5 nitrogen and oxygen atoms in total. The minimum atomic E-state index is -0.231. The summed E-state index contributed by atoms with van der Waals surface area (Å²) in [6, 6.07) is 0. The van der Waals surface area contributed by atoms with Crippen molar-refractivity contribution in [1.29, 1.82) is 0 Å². The van der Waals surface area contributed by atoms with Crippen LogP contribution in [0.25, 0.3) is 0 Å². The Morgan fingerprint density at radius 2 is 2.30 bits per heavy atom. The molecule has 112 valence electrons. The topological polar surface area (TPSA) is 58.4 Å². The predicted molar refractivity (Wildman–Crippen MR) is 77.3 cm³/mol. The van der Waals surface area contributed by atoms with Gasteiger partial charge in [0.05, 0.1) is 12.3 Å². The van der Waals surface area contributed by atoms with E-state index in [-0.39, 0.29) is 17.9 Å². The van der Waals surface area contributed by atoms with E-state index in [1.54, 1.807) is 4.90 Å². The lowest BCUT2D eigenvalue weighted by atomic mass is 10.1. The summed E-state index contributed by atoms with van der Waals surface area (Å²) >= 11 is 0. The molecule has 0 spiro atoms. The summed E-state index contributed by atoms with van der Waals surface area (Å²) in [5.41, 5.74) is 2.25. The maximum absolute atomic E-state index is 12.1. The Morgan fingerprint density at radius 3 is 2.85 bits per heavy atom. The van der Waals surface area contributed by atoms with Crippen molar-refractivity contribution in [2.24, 2.45) is 13.0 Å². The van der Waals surface area contributed by atoms with Gasteiger partial charge in [0.2, 0.25) is 5.91 Å². The molecule has 2 rings (SSSR count). The lowest BCUT2D eigenvalue weighted by molar-refractivity contribution is -0.130. The van der Waals surface area contributed by atoms with Crippen LogP contribution < -0.4 is 0 Å². The highest BCUT2D eigenvalue weighted by molar-refractivity contribution is 5.76. The second-order valence-electron chi connectivity index (χ2n) is 5.91. The standard InChI is InChI=1S/C15H25N3O2/c1-11-12(9-16-18(11)3)7-8-15(20)17(2)10-13-5-4-6-14(13)19/h9,13-14,19H,4-8,10H2,1-3H3. The van der Waals surface area contributed by atoms with Crippen molar-refractivity contribution in [3.8, 4) is 0 Å². The second kappa shape index (κ2) is 6.39. The number of nitrogens with zero attached hydrogens (tertiary/aromatic N) is 3. The molecule has 1 amide bonds. The molecular weight excluding hydrogens is 254 g/mol. The number of carbonyl (C=O) groups is 1. The third-order valence-electron chi connectivity index (χ3n) is 4.50. The van der Waals surface area contributed by atoms with E-state index < -0.39 is 0 Å². The van der Waals surface area contributed by atoms with Gasteiger partial charge in [-0.3, -0.25) is 9.48 Å². The fraction of sp³-hybridized carbons (Fsp3) is 0.733. The lowest BCUT2D eigenvalue weighted by Crippen LogP contribution is -2.34. The molecule has 1 saturated carbocycles. The van der Waals surface area contributed by atoms with E-state index in [4.69, 9.17) is 0 Å². The summed E-state index contributed by atoms with van der Waals surface area (Å²) in [6.07, 6.45) is 5.82. The van der Waals surface area contributed by atoms with Crippen molar-refractivity contribution < 1.29 is 9.90 Å². The number of hydrogen-bond donors (Lipinski definition) is 1. The minimum absolute atomic E-state index is 0.146. The smallest absolute Gasteiger partial charge is 0.222 e. The molecule has 0 aliphatic heterocycles. The van der Waals surface area contributed by atoms with E-state index in [1.165, 1.54) is 0 Å². The van der Waals surface area contributed by atoms with Crippen LogP contribution in [0.5, 0.6) is 0 Å². The Hall–Kier alpha value is -1.36. The first kappa shape index (κ1) is 15.0. The minimum Gasteiger partial charge on any atom is -0.393 e. The summed E-state index contributed by atoms with van der Waals surface area (Å²) in [6.45, 7) is 2.69. The first-order valence-corrected chi connectivity index (χ1v) is 7.38. The predicted octanol–water partition coefficient (Wildman–Crippen LogP) is 1.28. The molecule has 1 fully saturated rings. The van der Waals surface area contributed by atoms with Crippen LogP contribution in [0.15, 0.2) is 6.20 Å². The number of amides is 1. The van der Waals surface area contributed by atoms with Gasteiger partial charge in [0, 0.05) is 38.7 Å². The van der Waals surface area contributed by atoms with Gasteiger partial charge in [0.15, 0.2) is 0 Å². The van der Waals surface area contributed by atoms with Crippen molar-refractivity contribution in [2.45, 2.75) is 45.1 Å². The maximum atomic E-state index is 12.1. The van der Waals surface area contributed by atoms with E-state index in [1.807, 2.05) is 31.9 Å². The van der Waals surface area contributed by atoms with Crippen molar-refractivity contribution >= 4 is 5.91 Å². The Balaban J connectivity index is 1.80. The van der Waals surface area contributed by atoms with Gasteiger partial charge in [0.1, 0.15) is 0 Å². The van der Waals surface area contributed by atoms with E-state index in [0.29, 0.717) is 13.0 Å². The molecule has 1 aromatic rings. The SMILES string of the molecule is Cc1c(CCC(=O)N(C)CC2CCCC2O)cnn1C. The third-order valence-corrected chi connectivity index (χ3v) is 4.50. The summed E-state index contributed by atoms with van der Waals surface area (Å²) in [4.78, 5) is 13.9. The van der Waals surface area contributed by atoms with Crippen LogP contribution in [0.1, 0.15) is 36.9 Å². The number of aliphatic hydroxyl groups is 1. The van der Waals surface area contributed by atoms with E-state index in [0.717, 1.165) is 36.9 Å². The Labute approximate surface area is 120 Å². The lowest BCUT2D eigenvalue weighted by Gasteiger charge is -2.23. The number of hydrogen-bond acceptors (Lipinski definition) is 3. The fourth-order valence-electron chi connectivity index (χ4n) is 2.91. The highest BCUT2D eigenvalue weighted by atomic mass is 16.3. The van der Waals surface area contributed by atoms with Gasteiger partial charge in [-0.05, 0) is 31.7 Å². The number of aryl methyl sites for hydroxylation is 2. The van der Waals surface area contributed by atoms with E-state index >= 15 is 0 Å². The van der Waals surface area contributed by atoms with Crippen molar-refractivity contribution in [2.75, 3.05) is 13.6 Å². The number of aromatic nitrogens is 2. The maximum Gasteiger partial charge on any atom is 0.222 e. The van der Waals surface area contributed by atoms with Gasteiger partial charge < -0.3 is 10.0 Å². The number of aliphatic hydroxyl groups excluding tert-OH is 1. The molecule has 0 radical (unpaired) electrons. The first-order chi connectivity index (χ1) is 9.49. The van der Waals surface area contributed by atoms with E-state index in [2.05, 4.69) is 5.10 Å². The largest absolute Gasteiger partial charge is 0.393 e. The molecule has 1 N–H and O–H groups in total. The van der Waals surface area contributed by atoms with Crippen LogP contribution in [-0.4, -0.2) is 45.4 Å². The quantitative estimate of drug-likeness (QED) is 0.883. The normalized spacial score (nSPS) is 22.2. The van der Waals surface area contributed by atoms with Crippen LogP contribution in [0.3, 0.4) is 0 Å². The summed E-state index contributed by atoms with van der Waals surface area (Å²) in [7, 11) is 3.75. The third kappa shape index (κ3) is 3.39. The fourth-order valence-corrected chi connectivity index (χ4v) is 2.91. The van der Waals surface area contributed by atoms with Gasteiger partial charge in [-0.15, -0.1) is 0 Å². The van der Waals surface area contributed by atoms with Gasteiger partial charge in [-0.2, -0.15) is 5.10 Å². The molecule has 2 unspecified atom stereocenters. The summed E-state index contributed by atoms with van der Waals surface area (Å²) in [5, 5.41) is 14.0. The monoisotopic (exact) mass is 279 g/mol. The molecule has 5 heteroatoms. The van der Waals surface area contributed by atoms with Crippen LogP contribution in [-0.2, 0) is 18.3 Å². The van der Waals surface area contributed by atoms with Crippen molar-refractivity contribution in [3.05, 3.63) is 17.5 Å². The van der Waals surface area contributed by atoms with Gasteiger partial charge in [-0.25, -0.2) is 0 Å². The molecule has 20 heavy (non-hydrogen) atoms. The number of rotatable bonds is 5. The first-order valence-electron chi connectivity index (χ1n) is 7.38. The summed E-state index contributed by atoms with van der Waals surface area (Å²) < 4.78 is 1.83. The Morgan fingerprint density at radius 1 is 1.55 bits per heavy atom. The molecular formula is C15H25N3O2. The van der Waals surface area contributed by atoms with Crippen molar-refractivity contribution in [3.63, 3.8) is 0 Å². The molecule has 1 aliphatic rings. The second-order valence-corrected chi connectivity index (χ2v) is 5.91. The zero-order valence-corrected chi connectivity index (χ0v) is 12.7. The highest BCUT2D eigenvalue weighted by Crippen LogP contribution is 2.26. The van der Waals surface area contributed by atoms with Crippen LogP contribution in [0.2, 0.25) is 0 Å². The average molecular weight is 279 g/mol. The van der Waals surface area contributed by atoms with Gasteiger partial charge in [0.25, 0.3) is 0 Å². The number of carbonyl (C=O) groups excluding carboxylic acids is 1. The van der Waals surface area contributed by atoms with Crippen LogP contribution in [0, 0.1) is 12.8 Å². The molecule has 0 bridgehead atoms. The average Bonchev–Trinajstić information content (AvgIpc) is 2.96. The molecule has 1 aliphatic carbocycles. The van der Waals surface area contributed by atoms with Gasteiger partial charge in [-0.1, -0.05) is 6.42 Å². The van der Waals surface area contributed by atoms with Crippen molar-refractivity contribution in [1.82, 2.24) is 14.7 Å².